The zero-order chi connectivity index (χ0) is 32.5. The second-order valence-electron chi connectivity index (χ2n) is 9.62. The number of hydrogen-bond acceptors (Lipinski definition) is 17. The molecule has 2 aliphatic heterocycles. The van der Waals surface area contributed by atoms with Crippen LogP contribution in [0.25, 0.3) is 11.3 Å². The van der Waals surface area contributed by atoms with Crippen molar-refractivity contribution in [3.63, 3.8) is 0 Å². The maximum Gasteiger partial charge on any atom is 1.00 e. The Morgan fingerprint density at radius 1 is 1.21 bits per heavy atom. The molecule has 0 radical (unpaired) electrons. The Labute approximate surface area is 331 Å². The van der Waals surface area contributed by atoms with Crippen molar-refractivity contribution < 1.29 is 93.7 Å². The first-order chi connectivity index (χ1) is 22.1. The monoisotopic (exact) mass is 743 g/mol. The topological polar surface area (TPSA) is 245 Å². The number of fused-ring (bicyclic) bond motifs is 1. The number of nitrogens with one attached hydrogen (secondary N) is 1. The van der Waals surface area contributed by atoms with E-state index in [4.69, 9.17) is 5.73 Å². The third-order valence-corrected chi connectivity index (χ3v) is 11.1. The Morgan fingerprint density at radius 2 is 2.00 bits per heavy atom. The number of β-lactam (4-membered cyclic amide) rings is 1. The van der Waals surface area contributed by atoms with Gasteiger partial charge in [0, 0.05) is 41.0 Å². The number of nitrogens with two attached hydrogens (primary N) is 1. The fourth-order valence-electron chi connectivity index (χ4n) is 4.69. The number of rotatable bonds is 11. The second kappa shape index (κ2) is 16.3. The molecule has 4 aromatic rings. The minimum Gasteiger partial charge on any atom is -0.544 e. The number of carboxylic acids is 2. The van der Waals surface area contributed by atoms with Gasteiger partial charge in [-0.15, -0.1) is 34.4 Å². The van der Waals surface area contributed by atoms with Crippen LogP contribution in [0.15, 0.2) is 63.2 Å². The summed E-state index contributed by atoms with van der Waals surface area (Å²) in [7, 11) is 0. The maximum atomic E-state index is 13.0. The number of carboxylic acid groups (broad SMARTS) is 2. The summed E-state index contributed by atoms with van der Waals surface area (Å²) < 4.78 is 2.04. The van der Waals surface area contributed by atoms with Crippen molar-refractivity contribution in [3.8, 4) is 11.3 Å². The third-order valence-electron chi connectivity index (χ3n) is 6.76. The second-order valence-corrected chi connectivity index (χ2v) is 13.8. The molecule has 48 heavy (non-hydrogen) atoms. The fourth-order valence-corrected chi connectivity index (χ4v) is 8.73. The molecule has 6 rings (SSSR count). The van der Waals surface area contributed by atoms with E-state index in [1.807, 2.05) is 6.07 Å². The van der Waals surface area contributed by atoms with Crippen LogP contribution in [-0.4, -0.2) is 87.0 Å². The van der Waals surface area contributed by atoms with Crippen LogP contribution in [0, 0.1) is 0 Å². The average Bonchev–Trinajstić information content (AvgIpc) is 3.79. The van der Waals surface area contributed by atoms with E-state index in [2.05, 4.69) is 30.4 Å². The van der Waals surface area contributed by atoms with E-state index in [1.165, 1.54) is 17.1 Å². The first kappa shape index (κ1) is 38.0. The minimum absolute atomic E-state index is 0. The number of carbonyl (C=O) groups excluding carboxylic acids is 4. The van der Waals surface area contributed by atoms with Gasteiger partial charge in [0.15, 0.2) is 15.2 Å². The molecular weight excluding hydrogens is 725 g/mol. The number of nitrogen functional groups attached to an aromatic ring is 1. The van der Waals surface area contributed by atoms with Gasteiger partial charge in [-0.05, 0) is 17.7 Å². The molecule has 2 aliphatic rings. The fraction of sp³-hybridized carbons (Fsp3) is 0.192. The van der Waals surface area contributed by atoms with Crippen LogP contribution >= 0.6 is 46.2 Å². The molecular formula is C26H19N9Na2O7S4. The summed E-state index contributed by atoms with van der Waals surface area (Å²) in [6.07, 6.45) is 6.58. The van der Waals surface area contributed by atoms with E-state index < -0.39 is 40.9 Å². The van der Waals surface area contributed by atoms with Gasteiger partial charge in [-0.25, -0.2) is 15.0 Å². The molecule has 6 heterocycles. The molecule has 236 valence electrons. The molecule has 0 aliphatic carbocycles. The van der Waals surface area contributed by atoms with Crippen molar-refractivity contribution in [1.29, 1.82) is 0 Å². The number of thiazole rings is 2. The number of hydrogen-bond donors (Lipinski definition) is 3. The zero-order valence-corrected chi connectivity index (χ0v) is 32.3. The van der Waals surface area contributed by atoms with E-state index in [9.17, 15) is 34.6 Å². The van der Waals surface area contributed by atoms with Gasteiger partial charge in [-0.2, -0.15) is 0 Å². The number of aromatic nitrogens is 5. The molecule has 4 aromatic heterocycles. The number of imidazole rings is 1. The van der Waals surface area contributed by atoms with Gasteiger partial charge in [-0.3, -0.25) is 19.5 Å². The van der Waals surface area contributed by atoms with Gasteiger partial charge in [-0.1, -0.05) is 16.9 Å². The number of thioether (sulfide) groups is 2. The van der Waals surface area contributed by atoms with Crippen LogP contribution < -0.4 is 80.4 Å². The number of amides is 2. The van der Waals surface area contributed by atoms with Gasteiger partial charge < -0.3 is 40.6 Å². The predicted molar refractivity (Wildman–Crippen MR) is 164 cm³/mol. The van der Waals surface area contributed by atoms with Gasteiger partial charge in [0.1, 0.15) is 17.1 Å². The van der Waals surface area contributed by atoms with Crippen LogP contribution in [0.4, 0.5) is 5.13 Å². The SMILES string of the molecule is Nc1nc(/C(=N\O)C(=O)N[C@@H]2C(=O)N3C(C(=O)[O-])=C(CSc4nc(Cn5cnc(-c6cccnc6)c5)c(C(=O)[O-])s4)CS[C@H]23)cs1.[Na+].[Na+]. The smallest absolute Gasteiger partial charge is 0.544 e. The van der Waals surface area contributed by atoms with Crippen molar-refractivity contribution in [1.82, 2.24) is 34.7 Å². The summed E-state index contributed by atoms with van der Waals surface area (Å²) in [6, 6.07) is 2.53. The summed E-state index contributed by atoms with van der Waals surface area (Å²) in [5, 5.41) is 39.7. The van der Waals surface area contributed by atoms with Gasteiger partial charge in [0.25, 0.3) is 11.8 Å². The van der Waals surface area contributed by atoms with Crippen molar-refractivity contribution in [2.24, 2.45) is 5.16 Å². The van der Waals surface area contributed by atoms with Crippen molar-refractivity contribution >= 4 is 80.8 Å². The number of oxime groups is 1. The molecule has 1 fully saturated rings. The number of anilines is 1. The van der Waals surface area contributed by atoms with Crippen LogP contribution in [0.1, 0.15) is 21.1 Å². The van der Waals surface area contributed by atoms with Crippen molar-refractivity contribution in [3.05, 3.63) is 70.0 Å². The molecule has 22 heteroatoms. The Balaban J connectivity index is 0.00000260. The predicted octanol–water partition coefficient (Wildman–Crippen LogP) is -6.77. The number of nitrogens with zero attached hydrogens (tertiary/aromatic N) is 7. The summed E-state index contributed by atoms with van der Waals surface area (Å²) in [4.78, 5) is 67.6. The van der Waals surface area contributed by atoms with Crippen LogP contribution in [0.3, 0.4) is 0 Å². The Bertz CT molecular complexity index is 1930. The van der Waals surface area contributed by atoms with E-state index in [1.54, 1.807) is 35.6 Å². The third kappa shape index (κ3) is 7.82. The first-order valence-electron chi connectivity index (χ1n) is 13.0. The van der Waals surface area contributed by atoms with E-state index in [-0.39, 0.29) is 104 Å². The molecule has 2 atom stereocenters. The molecule has 0 saturated carbocycles. The van der Waals surface area contributed by atoms with Crippen LogP contribution in [0.2, 0.25) is 0 Å². The summed E-state index contributed by atoms with van der Waals surface area (Å²) in [5.74, 6) is -4.30. The number of carbonyl (C=O) groups is 4. The van der Waals surface area contributed by atoms with Crippen molar-refractivity contribution in [2.75, 3.05) is 17.2 Å². The Morgan fingerprint density at radius 3 is 2.65 bits per heavy atom. The zero-order valence-electron chi connectivity index (χ0n) is 25.1. The van der Waals surface area contributed by atoms with E-state index in [0.717, 1.165) is 44.9 Å². The number of aromatic carboxylic acids is 1. The van der Waals surface area contributed by atoms with Gasteiger partial charge in [0.2, 0.25) is 0 Å². The van der Waals surface area contributed by atoms with Crippen LogP contribution in [-0.2, 0) is 20.9 Å². The molecule has 2 amide bonds. The van der Waals surface area contributed by atoms with Crippen molar-refractivity contribution in [2.45, 2.75) is 22.3 Å². The normalized spacial score (nSPS) is 17.1. The number of pyridine rings is 1. The summed E-state index contributed by atoms with van der Waals surface area (Å²) in [5.41, 5.74) is 6.87. The standard InChI is InChI=1S/C26H21N9O7S4.2Na/c27-25-30-15(9-44-25)16(33-42)20(36)32-17-21(37)35-18(23(38)39)12(7-43-22(17)35)8-45-26-31-14(19(46-26)24(40)41)6-34-5-13(29-10-34)11-2-1-3-28-4-11;;/h1-5,9-10,17,22,42H,6-8H2,(H2,27,30)(H,32,36)(H,38,39)(H,40,41);;/q;2*+1/p-2/b33-16+;;/t17-,22-;;/m1../s1. The maximum absolute atomic E-state index is 13.0. The van der Waals surface area contributed by atoms with E-state index >= 15 is 0 Å². The molecule has 4 N–H and O–H groups in total. The molecule has 0 spiro atoms. The molecule has 1 saturated heterocycles. The average molecular weight is 744 g/mol. The largest absolute Gasteiger partial charge is 1.00 e. The minimum atomic E-state index is -1.57. The molecule has 0 unspecified atom stereocenters. The molecule has 0 bridgehead atoms. The Kier molecular flexibility index (Phi) is 12.9. The van der Waals surface area contributed by atoms with Crippen LogP contribution in [0.5, 0.6) is 0 Å². The first-order valence-corrected chi connectivity index (χ1v) is 16.8. The molecule has 16 nitrogen and oxygen atoms in total. The Hall–Kier alpha value is -2.79. The quantitative estimate of drug-likeness (QED) is 0.0323. The summed E-state index contributed by atoms with van der Waals surface area (Å²) in [6.45, 7) is 0.103. The number of aliphatic carboxylic acids is 1. The van der Waals surface area contributed by atoms with E-state index in [0.29, 0.717) is 15.6 Å². The van der Waals surface area contributed by atoms with Gasteiger partial charge >= 0.3 is 59.1 Å². The summed E-state index contributed by atoms with van der Waals surface area (Å²) >= 11 is 4.26. The molecule has 0 aromatic carbocycles. The van der Waals surface area contributed by atoms with Gasteiger partial charge in [0.05, 0.1) is 46.8 Å².